The number of alkyl halides is 3. The number of aromatic nitrogens is 1. The molecule has 1 amide bonds. The van der Waals surface area contributed by atoms with Gasteiger partial charge in [0, 0.05) is 36.5 Å². The Morgan fingerprint density at radius 2 is 1.89 bits per heavy atom. The monoisotopic (exact) mass is 453 g/mol. The molecule has 12 heteroatoms. The molecule has 6 nitrogen and oxygen atoms in total. The molecule has 0 spiro atoms. The number of anilines is 1. The van der Waals surface area contributed by atoms with Crippen LogP contribution in [-0.2, 0) is 16.2 Å². The molecule has 0 unspecified atom stereocenters. The average molecular weight is 454 g/mol. The van der Waals surface area contributed by atoms with Crippen LogP contribution in [0.5, 0.6) is 0 Å². The van der Waals surface area contributed by atoms with Gasteiger partial charge in [0.1, 0.15) is 10.6 Å². The number of halogens is 4. The normalized spacial score (nSPS) is 16.1. The Bertz CT molecular complexity index is 987. The van der Waals surface area contributed by atoms with Crippen molar-refractivity contribution in [3.8, 4) is 0 Å². The van der Waals surface area contributed by atoms with E-state index in [-0.39, 0.29) is 16.3 Å². The molecule has 2 heterocycles. The number of carbonyl (C=O) groups is 1. The minimum Gasteiger partial charge on any atom is -0.356 e. The summed E-state index contributed by atoms with van der Waals surface area (Å²) >= 11 is 7.21. The summed E-state index contributed by atoms with van der Waals surface area (Å²) in [4.78, 5) is 14.8. The standard InChI is InChI=1S/C16H15ClF3N3O3S2/c17-13-2-1-10(7-12(13)16(18,19)20)22-15(24)14-8-11(9-21-14)28(25,26)23-3-5-27-6-4-23/h1-2,7-9,21H,3-6H2,(H,22,24). The molecule has 1 aliphatic heterocycles. The first-order valence-electron chi connectivity index (χ1n) is 8.03. The van der Waals surface area contributed by atoms with Crippen molar-refractivity contribution in [3.05, 3.63) is 46.7 Å². The highest BCUT2D eigenvalue weighted by Gasteiger charge is 2.33. The Morgan fingerprint density at radius 3 is 2.54 bits per heavy atom. The molecule has 3 rings (SSSR count). The number of amides is 1. The highest BCUT2D eigenvalue weighted by molar-refractivity contribution is 7.99. The topological polar surface area (TPSA) is 82.3 Å². The Morgan fingerprint density at radius 1 is 1.21 bits per heavy atom. The van der Waals surface area contributed by atoms with Gasteiger partial charge in [-0.2, -0.15) is 29.2 Å². The SMILES string of the molecule is O=C(Nc1ccc(Cl)c(C(F)(F)F)c1)c1cc(S(=O)(=O)N2CCSCC2)c[nH]1. The Labute approximate surface area is 168 Å². The second-order valence-electron chi connectivity index (χ2n) is 5.91. The van der Waals surface area contributed by atoms with Gasteiger partial charge in [0.2, 0.25) is 10.0 Å². The summed E-state index contributed by atoms with van der Waals surface area (Å²) in [7, 11) is -3.74. The maximum atomic E-state index is 12.9. The molecule has 1 aromatic carbocycles. The highest BCUT2D eigenvalue weighted by atomic mass is 35.5. The van der Waals surface area contributed by atoms with Crippen LogP contribution in [0, 0.1) is 0 Å². The lowest BCUT2D eigenvalue weighted by atomic mass is 10.2. The molecule has 0 saturated carbocycles. The molecule has 1 fully saturated rings. The minimum atomic E-state index is -4.67. The van der Waals surface area contributed by atoms with E-state index in [1.807, 2.05) is 0 Å². The number of thioether (sulfide) groups is 1. The lowest BCUT2D eigenvalue weighted by Crippen LogP contribution is -2.37. The van der Waals surface area contributed by atoms with Crippen LogP contribution >= 0.6 is 23.4 Å². The maximum absolute atomic E-state index is 12.9. The number of nitrogens with one attached hydrogen (secondary N) is 2. The van der Waals surface area contributed by atoms with Gasteiger partial charge >= 0.3 is 6.18 Å². The fourth-order valence-corrected chi connectivity index (χ4v) is 5.40. The summed E-state index contributed by atoms with van der Waals surface area (Å²) in [5, 5.41) is 1.81. The lowest BCUT2D eigenvalue weighted by Gasteiger charge is -2.24. The van der Waals surface area contributed by atoms with Gasteiger partial charge in [-0.25, -0.2) is 8.42 Å². The number of hydrogen-bond donors (Lipinski definition) is 2. The molecule has 2 N–H and O–H groups in total. The third-order valence-electron chi connectivity index (χ3n) is 4.04. The molecule has 0 atom stereocenters. The Hall–Kier alpha value is -1.69. The molecular formula is C16H15ClF3N3O3S2. The van der Waals surface area contributed by atoms with Crippen LogP contribution in [0.2, 0.25) is 5.02 Å². The van der Waals surface area contributed by atoms with Gasteiger partial charge in [-0.15, -0.1) is 0 Å². The number of hydrogen-bond acceptors (Lipinski definition) is 4. The first kappa shape index (κ1) is 21.0. The van der Waals surface area contributed by atoms with Crippen molar-refractivity contribution < 1.29 is 26.4 Å². The van der Waals surface area contributed by atoms with Gasteiger partial charge in [-0.3, -0.25) is 4.79 Å². The summed E-state index contributed by atoms with van der Waals surface area (Å²) in [6.07, 6.45) is -3.48. The van der Waals surface area contributed by atoms with Crippen LogP contribution in [-0.4, -0.2) is 48.2 Å². The summed E-state index contributed by atoms with van der Waals surface area (Å²) in [6.45, 7) is 0.759. The predicted octanol–water partition coefficient (Wildman–Crippen LogP) is 3.68. The number of carbonyl (C=O) groups excluding carboxylic acids is 1. The van der Waals surface area contributed by atoms with Crippen LogP contribution in [0.15, 0.2) is 35.4 Å². The van der Waals surface area contributed by atoms with Crippen molar-refractivity contribution in [2.24, 2.45) is 0 Å². The number of nitrogens with zero attached hydrogens (tertiary/aromatic N) is 1. The van der Waals surface area contributed by atoms with E-state index in [1.165, 1.54) is 16.6 Å². The Balaban J connectivity index is 1.78. The summed E-state index contributed by atoms with van der Waals surface area (Å²) in [6, 6.07) is 4.12. The van der Waals surface area contributed by atoms with E-state index >= 15 is 0 Å². The molecule has 0 radical (unpaired) electrons. The predicted molar refractivity (Wildman–Crippen MR) is 101 cm³/mol. The second-order valence-corrected chi connectivity index (χ2v) is 9.48. The molecule has 152 valence electrons. The van der Waals surface area contributed by atoms with Crippen molar-refractivity contribution in [1.29, 1.82) is 0 Å². The van der Waals surface area contributed by atoms with Crippen LogP contribution in [0.1, 0.15) is 16.1 Å². The summed E-state index contributed by atoms with van der Waals surface area (Å²) < 4.78 is 65.3. The van der Waals surface area contributed by atoms with Crippen LogP contribution in [0.4, 0.5) is 18.9 Å². The van der Waals surface area contributed by atoms with Gasteiger partial charge in [-0.05, 0) is 24.3 Å². The molecule has 1 aromatic heterocycles. The fraction of sp³-hybridized carbons (Fsp3) is 0.312. The maximum Gasteiger partial charge on any atom is 0.417 e. The molecule has 1 saturated heterocycles. The molecule has 2 aromatic rings. The highest BCUT2D eigenvalue weighted by Crippen LogP contribution is 2.36. The Kier molecular flexibility index (Phi) is 5.99. The van der Waals surface area contributed by atoms with Crippen molar-refractivity contribution in [3.63, 3.8) is 0 Å². The third-order valence-corrected chi connectivity index (χ3v) is 7.19. The number of rotatable bonds is 4. The van der Waals surface area contributed by atoms with E-state index in [4.69, 9.17) is 11.6 Å². The number of aromatic amines is 1. The van der Waals surface area contributed by atoms with Crippen LogP contribution in [0.25, 0.3) is 0 Å². The molecule has 0 bridgehead atoms. The quantitative estimate of drug-likeness (QED) is 0.740. The first-order chi connectivity index (χ1) is 13.1. The van der Waals surface area contributed by atoms with Gasteiger partial charge in [0.05, 0.1) is 10.6 Å². The van der Waals surface area contributed by atoms with Crippen molar-refractivity contribution in [1.82, 2.24) is 9.29 Å². The second kappa shape index (κ2) is 7.97. The third kappa shape index (κ3) is 4.48. The first-order valence-corrected chi connectivity index (χ1v) is 11.0. The van der Waals surface area contributed by atoms with Crippen molar-refractivity contribution in [2.45, 2.75) is 11.1 Å². The van der Waals surface area contributed by atoms with Gasteiger partial charge in [0.25, 0.3) is 5.91 Å². The zero-order valence-corrected chi connectivity index (χ0v) is 16.6. The zero-order chi connectivity index (χ0) is 20.5. The van der Waals surface area contributed by atoms with E-state index in [9.17, 15) is 26.4 Å². The van der Waals surface area contributed by atoms with Crippen molar-refractivity contribution >= 4 is 45.0 Å². The fourth-order valence-electron chi connectivity index (χ4n) is 2.61. The van der Waals surface area contributed by atoms with E-state index in [0.29, 0.717) is 30.7 Å². The molecule has 28 heavy (non-hydrogen) atoms. The lowest BCUT2D eigenvalue weighted by molar-refractivity contribution is -0.137. The number of sulfonamides is 1. The molecule has 0 aliphatic carbocycles. The van der Waals surface area contributed by atoms with E-state index in [2.05, 4.69) is 10.3 Å². The molecular weight excluding hydrogens is 439 g/mol. The zero-order valence-electron chi connectivity index (χ0n) is 14.2. The van der Waals surface area contributed by atoms with Crippen LogP contribution < -0.4 is 5.32 Å². The molecule has 1 aliphatic rings. The van der Waals surface area contributed by atoms with Crippen molar-refractivity contribution in [2.75, 3.05) is 29.9 Å². The van der Waals surface area contributed by atoms with E-state index in [1.54, 1.807) is 11.8 Å². The van der Waals surface area contributed by atoms with E-state index < -0.39 is 32.7 Å². The smallest absolute Gasteiger partial charge is 0.356 e. The van der Waals surface area contributed by atoms with E-state index in [0.717, 1.165) is 12.1 Å². The number of benzene rings is 1. The van der Waals surface area contributed by atoms with Gasteiger partial charge in [-0.1, -0.05) is 11.6 Å². The largest absolute Gasteiger partial charge is 0.417 e. The number of H-pyrrole nitrogens is 1. The van der Waals surface area contributed by atoms with Crippen LogP contribution in [0.3, 0.4) is 0 Å². The van der Waals surface area contributed by atoms with Gasteiger partial charge in [0.15, 0.2) is 0 Å². The minimum absolute atomic E-state index is 0.0726. The van der Waals surface area contributed by atoms with Gasteiger partial charge < -0.3 is 10.3 Å². The average Bonchev–Trinajstić information content (AvgIpc) is 3.14. The summed E-state index contributed by atoms with van der Waals surface area (Å²) in [5.41, 5.74) is -1.29. The summed E-state index contributed by atoms with van der Waals surface area (Å²) in [5.74, 6) is 0.607.